The normalized spacial score (nSPS) is 11.6. The number of hydrogen-bond donors (Lipinski definition) is 1. The fourth-order valence-corrected chi connectivity index (χ4v) is 2.70. The monoisotopic (exact) mass is 280 g/mol. The van der Waals surface area contributed by atoms with Crippen LogP contribution in [-0.2, 0) is 19.6 Å². The van der Waals surface area contributed by atoms with Crippen molar-refractivity contribution in [1.82, 2.24) is 9.21 Å². The van der Waals surface area contributed by atoms with Crippen molar-refractivity contribution in [3.63, 3.8) is 0 Å². The molecule has 0 bridgehead atoms. The molecule has 18 heavy (non-hydrogen) atoms. The van der Waals surface area contributed by atoms with Crippen molar-refractivity contribution in [1.29, 1.82) is 0 Å². The summed E-state index contributed by atoms with van der Waals surface area (Å²) < 4.78 is 24.8. The van der Waals surface area contributed by atoms with E-state index < -0.39 is 16.0 Å². The number of rotatable bonds is 8. The summed E-state index contributed by atoms with van der Waals surface area (Å²) in [7, 11) is -0.477. The first-order valence-corrected chi connectivity index (χ1v) is 7.21. The van der Waals surface area contributed by atoms with Gasteiger partial charge in [0.25, 0.3) is 0 Å². The predicted octanol–water partition coefficient (Wildman–Crippen LogP) is -0.409. The molecule has 0 spiro atoms. The van der Waals surface area contributed by atoms with Crippen molar-refractivity contribution in [2.45, 2.75) is 19.8 Å². The Morgan fingerprint density at radius 3 is 2.17 bits per heavy atom. The summed E-state index contributed by atoms with van der Waals surface area (Å²) in [4.78, 5) is 23.1. The second-order valence-corrected chi connectivity index (χ2v) is 6.12. The highest BCUT2D eigenvalue weighted by atomic mass is 32.2. The second kappa shape index (κ2) is 7.32. The average Bonchev–Trinajstić information content (AvgIpc) is 2.23. The lowest BCUT2D eigenvalue weighted by Gasteiger charge is -2.21. The summed E-state index contributed by atoms with van der Waals surface area (Å²) >= 11 is 0. The second-order valence-electron chi connectivity index (χ2n) is 4.03. The molecule has 0 unspecified atom stereocenters. The minimum absolute atomic E-state index is 0.0460. The molecule has 7 nitrogen and oxygen atoms in total. The van der Waals surface area contributed by atoms with Crippen LogP contribution in [0.1, 0.15) is 19.8 Å². The lowest BCUT2D eigenvalue weighted by Crippen LogP contribution is -2.41. The van der Waals surface area contributed by atoms with Crippen LogP contribution in [0.3, 0.4) is 0 Å². The molecule has 0 aromatic carbocycles. The van der Waals surface area contributed by atoms with Crippen molar-refractivity contribution in [2.24, 2.45) is 0 Å². The molecule has 0 aromatic rings. The largest absolute Gasteiger partial charge is 0.481 e. The smallest absolute Gasteiger partial charge is 0.303 e. The molecule has 0 aliphatic heterocycles. The Morgan fingerprint density at radius 2 is 1.78 bits per heavy atom. The molecule has 0 radical (unpaired) electrons. The first-order valence-electron chi connectivity index (χ1n) is 5.60. The molecule has 0 aliphatic rings. The zero-order chi connectivity index (χ0) is 14.3. The molecule has 0 rings (SSSR count). The SMILES string of the molecule is CCN(CC(=O)N(C)C)S(=O)(=O)CCCC(=O)O. The number of carboxylic acids is 1. The van der Waals surface area contributed by atoms with Gasteiger partial charge in [0.2, 0.25) is 15.9 Å². The minimum atomic E-state index is -3.57. The van der Waals surface area contributed by atoms with Gasteiger partial charge in [-0.1, -0.05) is 6.92 Å². The van der Waals surface area contributed by atoms with Gasteiger partial charge in [0, 0.05) is 27.1 Å². The molecule has 8 heteroatoms. The molecular weight excluding hydrogens is 260 g/mol. The highest BCUT2D eigenvalue weighted by Crippen LogP contribution is 2.05. The number of nitrogens with zero attached hydrogens (tertiary/aromatic N) is 2. The Hall–Kier alpha value is -1.15. The maximum atomic E-state index is 11.9. The first-order chi connectivity index (χ1) is 8.20. The quantitative estimate of drug-likeness (QED) is 0.652. The number of sulfonamides is 1. The summed E-state index contributed by atoms with van der Waals surface area (Å²) in [5.41, 5.74) is 0. The molecule has 0 heterocycles. The summed E-state index contributed by atoms with van der Waals surface area (Å²) in [6, 6.07) is 0. The fourth-order valence-electron chi connectivity index (χ4n) is 1.23. The number of aliphatic carboxylic acids is 1. The lowest BCUT2D eigenvalue weighted by molar-refractivity contribution is -0.137. The van der Waals surface area contributed by atoms with Crippen LogP contribution in [0.4, 0.5) is 0 Å². The average molecular weight is 280 g/mol. The minimum Gasteiger partial charge on any atom is -0.481 e. The number of hydrogen-bond acceptors (Lipinski definition) is 4. The van der Waals surface area contributed by atoms with Gasteiger partial charge in [0.05, 0.1) is 12.3 Å². The third kappa shape index (κ3) is 5.97. The molecular formula is C10H20N2O5S. The molecule has 106 valence electrons. The van der Waals surface area contributed by atoms with Gasteiger partial charge in [-0.15, -0.1) is 0 Å². The van der Waals surface area contributed by atoms with Crippen LogP contribution in [0.15, 0.2) is 0 Å². The first kappa shape index (κ1) is 16.9. The highest BCUT2D eigenvalue weighted by Gasteiger charge is 2.23. The van der Waals surface area contributed by atoms with Gasteiger partial charge in [0.15, 0.2) is 0 Å². The molecule has 0 saturated heterocycles. The van der Waals surface area contributed by atoms with E-state index in [1.54, 1.807) is 21.0 Å². The molecule has 0 saturated carbocycles. The summed E-state index contributed by atoms with van der Waals surface area (Å²) in [5, 5.41) is 8.46. The van der Waals surface area contributed by atoms with Crippen molar-refractivity contribution >= 4 is 21.9 Å². The Balaban J connectivity index is 4.52. The number of likely N-dealkylation sites (N-methyl/N-ethyl adjacent to an activating group) is 2. The van der Waals surface area contributed by atoms with Crippen LogP contribution < -0.4 is 0 Å². The van der Waals surface area contributed by atoms with Gasteiger partial charge >= 0.3 is 5.97 Å². The number of carboxylic acid groups (broad SMARTS) is 1. The zero-order valence-electron chi connectivity index (χ0n) is 10.9. The van der Waals surface area contributed by atoms with Crippen LogP contribution >= 0.6 is 0 Å². The highest BCUT2D eigenvalue weighted by molar-refractivity contribution is 7.89. The zero-order valence-corrected chi connectivity index (χ0v) is 11.7. The van der Waals surface area contributed by atoms with E-state index in [0.717, 1.165) is 4.31 Å². The Labute approximate surface area is 107 Å². The van der Waals surface area contributed by atoms with E-state index in [4.69, 9.17) is 5.11 Å². The molecule has 1 amide bonds. The van der Waals surface area contributed by atoms with Gasteiger partial charge in [-0.05, 0) is 6.42 Å². The van der Waals surface area contributed by atoms with Crippen molar-refractivity contribution in [3.05, 3.63) is 0 Å². The number of carbonyl (C=O) groups excluding carboxylic acids is 1. The van der Waals surface area contributed by atoms with E-state index >= 15 is 0 Å². The molecule has 1 N–H and O–H groups in total. The van der Waals surface area contributed by atoms with Crippen LogP contribution in [0, 0.1) is 0 Å². The van der Waals surface area contributed by atoms with Crippen LogP contribution in [0.5, 0.6) is 0 Å². The van der Waals surface area contributed by atoms with Crippen molar-refractivity contribution in [2.75, 3.05) is 32.9 Å². The third-order valence-corrected chi connectivity index (χ3v) is 4.33. The number of amides is 1. The molecule has 0 aromatic heterocycles. The molecule has 0 atom stereocenters. The molecule has 0 fully saturated rings. The van der Waals surface area contributed by atoms with Gasteiger partial charge in [-0.25, -0.2) is 8.42 Å². The Bertz CT molecular complexity index is 391. The van der Waals surface area contributed by atoms with Gasteiger partial charge < -0.3 is 10.0 Å². The van der Waals surface area contributed by atoms with E-state index in [1.165, 1.54) is 4.90 Å². The van der Waals surface area contributed by atoms with Crippen molar-refractivity contribution in [3.8, 4) is 0 Å². The van der Waals surface area contributed by atoms with E-state index in [9.17, 15) is 18.0 Å². The molecule has 0 aliphatic carbocycles. The maximum Gasteiger partial charge on any atom is 0.303 e. The van der Waals surface area contributed by atoms with E-state index in [-0.39, 0.29) is 37.6 Å². The summed E-state index contributed by atoms with van der Waals surface area (Å²) in [5.74, 6) is -1.59. The lowest BCUT2D eigenvalue weighted by atomic mass is 10.3. The predicted molar refractivity (Wildman–Crippen MR) is 66.6 cm³/mol. The summed E-state index contributed by atoms with van der Waals surface area (Å²) in [6.45, 7) is 1.62. The fraction of sp³-hybridized carbons (Fsp3) is 0.800. The summed E-state index contributed by atoms with van der Waals surface area (Å²) in [6.07, 6.45) is -0.150. The Morgan fingerprint density at radius 1 is 1.22 bits per heavy atom. The van der Waals surface area contributed by atoms with Crippen LogP contribution in [-0.4, -0.2) is 67.5 Å². The Kier molecular flexibility index (Phi) is 6.85. The van der Waals surface area contributed by atoms with E-state index in [2.05, 4.69) is 0 Å². The van der Waals surface area contributed by atoms with Crippen LogP contribution in [0.25, 0.3) is 0 Å². The van der Waals surface area contributed by atoms with E-state index in [1.807, 2.05) is 0 Å². The van der Waals surface area contributed by atoms with Gasteiger partial charge in [0.1, 0.15) is 0 Å². The maximum absolute atomic E-state index is 11.9. The third-order valence-electron chi connectivity index (χ3n) is 2.35. The standard InChI is InChI=1S/C10H20N2O5S/c1-4-12(8-9(13)11(2)3)18(16,17)7-5-6-10(14)15/h4-8H2,1-3H3,(H,14,15). The van der Waals surface area contributed by atoms with Gasteiger partial charge in [-0.3, -0.25) is 9.59 Å². The topological polar surface area (TPSA) is 95.0 Å². The van der Waals surface area contributed by atoms with Gasteiger partial charge in [-0.2, -0.15) is 4.31 Å². The van der Waals surface area contributed by atoms with Crippen molar-refractivity contribution < 1.29 is 23.1 Å². The van der Waals surface area contributed by atoms with Crippen LogP contribution in [0.2, 0.25) is 0 Å². The number of carbonyl (C=O) groups is 2. The van der Waals surface area contributed by atoms with E-state index in [0.29, 0.717) is 0 Å².